The van der Waals surface area contributed by atoms with E-state index in [1.807, 2.05) is 6.07 Å². The number of anilines is 2. The summed E-state index contributed by atoms with van der Waals surface area (Å²) in [5, 5.41) is 3.53. The van der Waals surface area contributed by atoms with E-state index in [2.05, 4.69) is 92.0 Å². The van der Waals surface area contributed by atoms with Gasteiger partial charge in [0, 0.05) is 11.4 Å². The van der Waals surface area contributed by atoms with E-state index in [4.69, 9.17) is 0 Å². The third-order valence-electron chi connectivity index (χ3n) is 3.83. The van der Waals surface area contributed by atoms with Crippen LogP contribution < -0.4 is 5.32 Å². The van der Waals surface area contributed by atoms with Crippen LogP contribution in [0.25, 0.3) is 11.1 Å². The van der Waals surface area contributed by atoms with Gasteiger partial charge in [-0.15, -0.1) is 0 Å². The van der Waals surface area contributed by atoms with Crippen LogP contribution in [0.2, 0.25) is 0 Å². The van der Waals surface area contributed by atoms with E-state index in [1.165, 1.54) is 22.4 Å². The third-order valence-corrected chi connectivity index (χ3v) is 3.83. The minimum absolute atomic E-state index is 0.467. The monoisotopic (exact) mass is 287 g/mol. The molecule has 1 heteroatoms. The molecule has 0 fully saturated rings. The van der Waals surface area contributed by atoms with E-state index in [-0.39, 0.29) is 0 Å². The molecule has 110 valence electrons. The summed E-state index contributed by atoms with van der Waals surface area (Å²) in [6.45, 7) is 4.47. The van der Waals surface area contributed by atoms with Gasteiger partial charge in [0.15, 0.2) is 0 Å². The van der Waals surface area contributed by atoms with Gasteiger partial charge < -0.3 is 5.32 Å². The Kier molecular flexibility index (Phi) is 4.24. The lowest BCUT2D eigenvalue weighted by Crippen LogP contribution is -1.98. The Bertz CT molecular complexity index is 730. The van der Waals surface area contributed by atoms with E-state index in [0.29, 0.717) is 5.92 Å². The highest BCUT2D eigenvalue weighted by atomic mass is 14.9. The molecule has 1 N–H and O–H groups in total. The summed E-state index contributed by atoms with van der Waals surface area (Å²) in [6.07, 6.45) is 0. The Morgan fingerprint density at radius 2 is 1.32 bits per heavy atom. The second-order valence-corrected chi connectivity index (χ2v) is 5.81. The molecule has 0 aromatic heterocycles. The second-order valence-electron chi connectivity index (χ2n) is 5.81. The Morgan fingerprint density at radius 1 is 0.682 bits per heavy atom. The Morgan fingerprint density at radius 3 is 1.95 bits per heavy atom. The number of para-hydroxylation sites is 1. The van der Waals surface area contributed by atoms with Gasteiger partial charge in [-0.05, 0) is 46.9 Å². The zero-order valence-corrected chi connectivity index (χ0v) is 13.1. The van der Waals surface area contributed by atoms with Crippen molar-refractivity contribution in [2.75, 3.05) is 5.32 Å². The quantitative estimate of drug-likeness (QED) is 0.600. The first-order valence-electron chi connectivity index (χ1n) is 7.75. The van der Waals surface area contributed by atoms with Crippen LogP contribution in [0.3, 0.4) is 0 Å². The van der Waals surface area contributed by atoms with Crippen molar-refractivity contribution >= 4 is 11.4 Å². The Hall–Kier alpha value is -2.54. The molecular formula is C21H21N. The molecule has 3 aromatic carbocycles. The summed E-state index contributed by atoms with van der Waals surface area (Å²) in [4.78, 5) is 0. The molecule has 0 bridgehead atoms. The fourth-order valence-corrected chi connectivity index (χ4v) is 2.64. The normalized spacial score (nSPS) is 10.7. The number of benzene rings is 3. The molecule has 0 saturated heterocycles. The van der Waals surface area contributed by atoms with Crippen molar-refractivity contribution in [3.63, 3.8) is 0 Å². The zero-order valence-electron chi connectivity index (χ0n) is 13.1. The van der Waals surface area contributed by atoms with Crippen LogP contribution in [-0.2, 0) is 0 Å². The van der Waals surface area contributed by atoms with Crippen molar-refractivity contribution in [2.24, 2.45) is 0 Å². The summed E-state index contributed by atoms with van der Waals surface area (Å²) in [5.41, 5.74) is 6.17. The van der Waals surface area contributed by atoms with E-state index in [0.717, 1.165) is 5.69 Å². The van der Waals surface area contributed by atoms with Crippen molar-refractivity contribution in [3.05, 3.63) is 84.4 Å². The lowest BCUT2D eigenvalue weighted by atomic mass is 9.95. The van der Waals surface area contributed by atoms with Crippen LogP contribution in [0.5, 0.6) is 0 Å². The van der Waals surface area contributed by atoms with Crippen LogP contribution >= 0.6 is 0 Å². The van der Waals surface area contributed by atoms with Crippen LogP contribution in [0, 0.1) is 0 Å². The van der Waals surface area contributed by atoms with Crippen LogP contribution in [0.15, 0.2) is 78.9 Å². The van der Waals surface area contributed by atoms with Gasteiger partial charge in [0.25, 0.3) is 0 Å². The molecule has 0 radical (unpaired) electrons. The van der Waals surface area contributed by atoms with Crippen molar-refractivity contribution in [1.82, 2.24) is 0 Å². The van der Waals surface area contributed by atoms with E-state index in [9.17, 15) is 0 Å². The molecule has 0 aliphatic heterocycles. The number of hydrogen-bond donors (Lipinski definition) is 1. The minimum atomic E-state index is 0.467. The SMILES string of the molecule is CC(C)c1cc(-c2ccccc2)ccc1Nc1ccccc1. The number of rotatable bonds is 4. The highest BCUT2D eigenvalue weighted by Gasteiger charge is 2.09. The third kappa shape index (κ3) is 3.20. The van der Waals surface area contributed by atoms with Gasteiger partial charge in [-0.1, -0.05) is 68.4 Å². The number of hydrogen-bond acceptors (Lipinski definition) is 1. The van der Waals surface area contributed by atoms with Crippen LogP contribution in [0.4, 0.5) is 11.4 Å². The lowest BCUT2D eigenvalue weighted by molar-refractivity contribution is 0.869. The second kappa shape index (κ2) is 6.48. The molecule has 0 spiro atoms. The van der Waals surface area contributed by atoms with Crippen molar-refractivity contribution in [3.8, 4) is 11.1 Å². The molecule has 3 aromatic rings. The molecule has 0 aliphatic carbocycles. The van der Waals surface area contributed by atoms with E-state index < -0.39 is 0 Å². The summed E-state index contributed by atoms with van der Waals surface area (Å²) >= 11 is 0. The van der Waals surface area contributed by atoms with Gasteiger partial charge >= 0.3 is 0 Å². The smallest absolute Gasteiger partial charge is 0.0419 e. The van der Waals surface area contributed by atoms with Crippen molar-refractivity contribution in [2.45, 2.75) is 19.8 Å². The molecule has 0 unspecified atom stereocenters. The molecule has 0 atom stereocenters. The maximum absolute atomic E-state index is 3.53. The van der Waals surface area contributed by atoms with Crippen molar-refractivity contribution < 1.29 is 0 Å². The average molecular weight is 287 g/mol. The van der Waals surface area contributed by atoms with Gasteiger partial charge in [0.1, 0.15) is 0 Å². The first-order chi connectivity index (χ1) is 10.7. The van der Waals surface area contributed by atoms with Gasteiger partial charge in [-0.3, -0.25) is 0 Å². The summed E-state index contributed by atoms with van der Waals surface area (Å²) < 4.78 is 0. The highest BCUT2D eigenvalue weighted by molar-refractivity contribution is 5.72. The maximum Gasteiger partial charge on any atom is 0.0419 e. The molecule has 22 heavy (non-hydrogen) atoms. The predicted molar refractivity (Wildman–Crippen MR) is 95.7 cm³/mol. The summed E-state index contributed by atoms with van der Waals surface area (Å²) in [7, 11) is 0. The van der Waals surface area contributed by atoms with Crippen LogP contribution in [0.1, 0.15) is 25.3 Å². The Balaban J connectivity index is 1.98. The minimum Gasteiger partial charge on any atom is -0.355 e. The van der Waals surface area contributed by atoms with E-state index >= 15 is 0 Å². The van der Waals surface area contributed by atoms with E-state index in [1.54, 1.807) is 0 Å². The molecule has 0 amide bonds. The summed E-state index contributed by atoms with van der Waals surface area (Å²) in [5.74, 6) is 0.467. The van der Waals surface area contributed by atoms with Gasteiger partial charge in [-0.2, -0.15) is 0 Å². The molecule has 0 saturated carbocycles. The van der Waals surface area contributed by atoms with Crippen molar-refractivity contribution in [1.29, 1.82) is 0 Å². The fraction of sp³-hybridized carbons (Fsp3) is 0.143. The molecule has 0 aliphatic rings. The van der Waals surface area contributed by atoms with Gasteiger partial charge in [0.2, 0.25) is 0 Å². The molecule has 0 heterocycles. The molecule has 1 nitrogen and oxygen atoms in total. The average Bonchev–Trinajstić information content (AvgIpc) is 2.57. The maximum atomic E-state index is 3.53. The predicted octanol–water partition coefficient (Wildman–Crippen LogP) is 6.22. The van der Waals surface area contributed by atoms with Crippen LogP contribution in [-0.4, -0.2) is 0 Å². The Labute approximate surface area is 132 Å². The first kappa shape index (κ1) is 14.4. The molecule has 3 rings (SSSR count). The summed E-state index contributed by atoms with van der Waals surface area (Å²) in [6, 6.07) is 27.5. The first-order valence-corrected chi connectivity index (χ1v) is 7.75. The highest BCUT2D eigenvalue weighted by Crippen LogP contribution is 2.31. The number of nitrogens with one attached hydrogen (secondary N) is 1. The molecular weight excluding hydrogens is 266 g/mol. The van der Waals surface area contributed by atoms with Gasteiger partial charge in [0.05, 0.1) is 0 Å². The zero-order chi connectivity index (χ0) is 15.4. The van der Waals surface area contributed by atoms with Gasteiger partial charge in [-0.25, -0.2) is 0 Å². The lowest BCUT2D eigenvalue weighted by Gasteiger charge is -2.16. The standard InChI is InChI=1S/C21H21N/c1-16(2)20-15-18(17-9-5-3-6-10-17)13-14-21(20)22-19-11-7-4-8-12-19/h3-16,22H,1-2H3. The largest absolute Gasteiger partial charge is 0.355 e. The fourth-order valence-electron chi connectivity index (χ4n) is 2.64. The topological polar surface area (TPSA) is 12.0 Å².